The molecular formula is C25H29N5O2S. The van der Waals surface area contributed by atoms with Crippen LogP contribution in [0.5, 0.6) is 0 Å². The second kappa shape index (κ2) is 9.75. The van der Waals surface area contributed by atoms with Crippen LogP contribution in [0.3, 0.4) is 0 Å². The maximum absolute atomic E-state index is 12.4. The lowest BCUT2D eigenvalue weighted by Gasteiger charge is -2.32. The van der Waals surface area contributed by atoms with Crippen molar-refractivity contribution in [3.05, 3.63) is 63.7 Å². The number of benzene rings is 1. The first-order valence-corrected chi connectivity index (χ1v) is 12.6. The number of pyridine rings is 1. The minimum Gasteiger partial charge on any atom is -0.310 e. The van der Waals surface area contributed by atoms with Crippen molar-refractivity contribution >= 4 is 28.6 Å². The number of aryl methyl sites for hydroxylation is 1. The summed E-state index contributed by atoms with van der Waals surface area (Å²) in [7, 11) is 0. The van der Waals surface area contributed by atoms with Gasteiger partial charge in [-0.15, -0.1) is 0 Å². The lowest BCUT2D eigenvalue weighted by atomic mass is 10.0. The second-order valence-corrected chi connectivity index (χ2v) is 10.0. The fraction of sp³-hybridized carbons (Fsp3) is 0.440. The molecule has 2 aromatic heterocycles. The van der Waals surface area contributed by atoms with Gasteiger partial charge < -0.3 is 14.8 Å². The summed E-state index contributed by atoms with van der Waals surface area (Å²) >= 11 is 1.55. The lowest BCUT2D eigenvalue weighted by Crippen LogP contribution is -2.43. The molecule has 3 aromatic rings. The molecule has 8 heteroatoms. The number of thioether (sulfide) groups is 1. The van der Waals surface area contributed by atoms with Gasteiger partial charge in [0.05, 0.1) is 23.0 Å². The Kier molecular flexibility index (Phi) is 6.57. The van der Waals surface area contributed by atoms with Crippen molar-refractivity contribution < 1.29 is 4.79 Å². The summed E-state index contributed by atoms with van der Waals surface area (Å²) in [5, 5.41) is 4.67. The number of nitrogens with zero attached hydrogens (tertiary/aromatic N) is 4. The number of ketones is 1. The maximum Gasteiger partial charge on any atom is 0.269 e. The molecule has 0 aliphatic carbocycles. The Morgan fingerprint density at radius 2 is 1.94 bits per heavy atom. The number of carbonyl (C=O) groups excluding carboxylic acids is 1. The highest BCUT2D eigenvalue weighted by Gasteiger charge is 2.20. The quantitative estimate of drug-likeness (QED) is 0.602. The van der Waals surface area contributed by atoms with Crippen LogP contribution in [0.15, 0.2) is 46.5 Å². The van der Waals surface area contributed by atoms with E-state index in [0.29, 0.717) is 24.8 Å². The number of nitrogens with one attached hydrogen (secondary N) is 1. The fourth-order valence-electron chi connectivity index (χ4n) is 4.68. The molecule has 1 aromatic carbocycles. The first-order chi connectivity index (χ1) is 16.0. The van der Waals surface area contributed by atoms with E-state index in [9.17, 15) is 9.59 Å². The zero-order valence-electron chi connectivity index (χ0n) is 18.9. The number of rotatable bonds is 6. The normalized spacial score (nSPS) is 17.4. The molecule has 4 heterocycles. The van der Waals surface area contributed by atoms with E-state index in [1.54, 1.807) is 11.8 Å². The Hall–Kier alpha value is -2.55. The van der Waals surface area contributed by atoms with Crippen LogP contribution in [0.2, 0.25) is 0 Å². The molecule has 0 amide bonds. The summed E-state index contributed by atoms with van der Waals surface area (Å²) in [6.07, 6.45) is 6.03. The molecular weight excluding hydrogens is 434 g/mol. The highest BCUT2D eigenvalue weighted by Crippen LogP contribution is 2.27. The van der Waals surface area contributed by atoms with E-state index in [4.69, 9.17) is 0 Å². The molecule has 0 saturated carbocycles. The van der Waals surface area contributed by atoms with Gasteiger partial charge in [-0.25, -0.2) is 9.97 Å². The number of Topliss-reactive ketones (excluding diaryl/α,β-unsaturated/α-hetero) is 1. The van der Waals surface area contributed by atoms with E-state index >= 15 is 0 Å². The molecule has 1 fully saturated rings. The highest BCUT2D eigenvalue weighted by molar-refractivity contribution is 8.00. The van der Waals surface area contributed by atoms with Gasteiger partial charge in [-0.2, -0.15) is 0 Å². The van der Waals surface area contributed by atoms with Gasteiger partial charge >= 0.3 is 0 Å². The van der Waals surface area contributed by atoms with E-state index in [0.717, 1.165) is 71.8 Å². The minimum atomic E-state index is -0.0385. The van der Waals surface area contributed by atoms with Crippen molar-refractivity contribution in [1.82, 2.24) is 24.8 Å². The monoisotopic (exact) mass is 463 g/mol. The average molecular weight is 464 g/mol. The second-order valence-electron chi connectivity index (χ2n) is 9.05. The highest BCUT2D eigenvalue weighted by atomic mass is 32.2. The fourth-order valence-corrected chi connectivity index (χ4v) is 5.52. The van der Waals surface area contributed by atoms with Crippen LogP contribution in [0.25, 0.3) is 11.0 Å². The van der Waals surface area contributed by atoms with Gasteiger partial charge in [0.15, 0.2) is 0 Å². The predicted octanol–water partition coefficient (Wildman–Crippen LogP) is 2.57. The van der Waals surface area contributed by atoms with Crippen LogP contribution in [-0.2, 0) is 24.3 Å². The van der Waals surface area contributed by atoms with Crippen LogP contribution in [-0.4, -0.2) is 56.6 Å². The topological polar surface area (TPSA) is 80.1 Å². The third-order valence-electron chi connectivity index (χ3n) is 6.56. The maximum atomic E-state index is 12.4. The summed E-state index contributed by atoms with van der Waals surface area (Å²) in [4.78, 5) is 35.4. The molecule has 33 heavy (non-hydrogen) atoms. The Morgan fingerprint density at radius 1 is 1.09 bits per heavy atom. The average Bonchev–Trinajstić information content (AvgIpc) is 2.82. The van der Waals surface area contributed by atoms with Gasteiger partial charge in [0, 0.05) is 38.3 Å². The van der Waals surface area contributed by atoms with E-state index in [2.05, 4.69) is 26.3 Å². The van der Waals surface area contributed by atoms with E-state index in [1.807, 2.05) is 35.9 Å². The molecule has 172 valence electrons. The first-order valence-electron chi connectivity index (χ1n) is 11.6. The smallest absolute Gasteiger partial charge is 0.269 e. The SMILES string of the molecule is Cc1ccc2ncc(=O)n(CCN3CCC(NCc4cnc5c(c4)CC(=O)CS5)CC3)c2c1. The van der Waals surface area contributed by atoms with E-state index in [1.165, 1.54) is 6.20 Å². The zero-order valence-corrected chi connectivity index (χ0v) is 19.7. The number of hydrogen-bond acceptors (Lipinski definition) is 7. The number of aromatic nitrogens is 3. The van der Waals surface area contributed by atoms with Gasteiger partial charge in [-0.3, -0.25) is 9.59 Å². The molecule has 7 nitrogen and oxygen atoms in total. The van der Waals surface area contributed by atoms with E-state index in [-0.39, 0.29) is 11.3 Å². The van der Waals surface area contributed by atoms with Gasteiger partial charge in [-0.1, -0.05) is 17.8 Å². The van der Waals surface area contributed by atoms with Crippen LogP contribution in [0.1, 0.15) is 29.5 Å². The molecule has 2 aliphatic heterocycles. The number of fused-ring (bicyclic) bond motifs is 2. The molecule has 0 bridgehead atoms. The molecule has 2 aliphatic rings. The van der Waals surface area contributed by atoms with Crippen molar-refractivity contribution in [2.45, 2.75) is 50.3 Å². The predicted molar refractivity (Wildman–Crippen MR) is 131 cm³/mol. The van der Waals surface area contributed by atoms with Crippen molar-refractivity contribution in [1.29, 1.82) is 0 Å². The van der Waals surface area contributed by atoms with E-state index < -0.39 is 0 Å². The number of hydrogen-bond donors (Lipinski definition) is 1. The minimum absolute atomic E-state index is 0.0385. The van der Waals surface area contributed by atoms with Gasteiger partial charge in [-0.05, 0) is 67.7 Å². The van der Waals surface area contributed by atoms with Crippen molar-refractivity contribution in [2.75, 3.05) is 25.4 Å². The van der Waals surface area contributed by atoms with Gasteiger partial charge in [0.25, 0.3) is 5.56 Å². The molecule has 1 saturated heterocycles. The summed E-state index contributed by atoms with van der Waals surface area (Å²) in [6, 6.07) is 8.66. The lowest BCUT2D eigenvalue weighted by molar-refractivity contribution is -0.116. The summed E-state index contributed by atoms with van der Waals surface area (Å²) < 4.78 is 1.85. The standard InChI is InChI=1S/C25H29N5O2S/c1-17-2-3-22-23(10-17)30(24(32)15-27-22)9-8-29-6-4-20(5-7-29)26-13-18-11-19-12-21(31)16-33-25(19)28-14-18/h2-3,10-11,14-15,20,26H,4-9,12-13,16H2,1H3. The Labute approximate surface area is 197 Å². The third kappa shape index (κ3) is 5.18. The largest absolute Gasteiger partial charge is 0.310 e. The van der Waals surface area contributed by atoms with Crippen molar-refractivity contribution in [2.24, 2.45) is 0 Å². The molecule has 0 unspecified atom stereocenters. The Morgan fingerprint density at radius 3 is 2.79 bits per heavy atom. The van der Waals surface area contributed by atoms with Crippen molar-refractivity contribution in [3.63, 3.8) is 0 Å². The molecule has 0 radical (unpaired) electrons. The van der Waals surface area contributed by atoms with Crippen LogP contribution < -0.4 is 10.9 Å². The Bertz CT molecular complexity index is 1230. The summed E-state index contributed by atoms with van der Waals surface area (Å²) in [6.45, 7) is 6.39. The molecule has 0 atom stereocenters. The van der Waals surface area contributed by atoms with Gasteiger partial charge in [0.2, 0.25) is 0 Å². The molecule has 1 N–H and O–H groups in total. The van der Waals surface area contributed by atoms with Crippen molar-refractivity contribution in [3.8, 4) is 0 Å². The van der Waals surface area contributed by atoms with Crippen LogP contribution in [0.4, 0.5) is 0 Å². The number of carbonyl (C=O) groups is 1. The molecule has 5 rings (SSSR count). The Balaban J connectivity index is 1.13. The number of piperidine rings is 1. The first kappa shape index (κ1) is 22.3. The van der Waals surface area contributed by atoms with Gasteiger partial charge in [0.1, 0.15) is 10.8 Å². The third-order valence-corrected chi connectivity index (χ3v) is 7.67. The van der Waals surface area contributed by atoms with Crippen LogP contribution >= 0.6 is 11.8 Å². The summed E-state index contributed by atoms with van der Waals surface area (Å²) in [5.41, 5.74) is 5.09. The zero-order chi connectivity index (χ0) is 22.8. The molecule has 0 spiro atoms. The summed E-state index contributed by atoms with van der Waals surface area (Å²) in [5.74, 6) is 0.825. The van der Waals surface area contributed by atoms with Crippen LogP contribution in [0, 0.1) is 6.92 Å². The number of likely N-dealkylation sites (tertiary alicyclic amines) is 1.